The van der Waals surface area contributed by atoms with Gasteiger partial charge >= 0.3 is 0 Å². The van der Waals surface area contributed by atoms with Crippen LogP contribution in [0.25, 0.3) is 0 Å². The highest BCUT2D eigenvalue weighted by Gasteiger charge is 2.24. The minimum absolute atomic E-state index is 0.542. The van der Waals surface area contributed by atoms with E-state index in [1.165, 1.54) is 32.1 Å². The smallest absolute Gasteiger partial charge is 0.146 e. The lowest BCUT2D eigenvalue weighted by molar-refractivity contribution is 0.217. The normalized spacial score (nSPS) is 20.0. The number of hydrogen-bond donors (Lipinski definition) is 1. The third-order valence-corrected chi connectivity index (χ3v) is 5.09. The van der Waals surface area contributed by atoms with Crippen LogP contribution in [0.3, 0.4) is 0 Å². The summed E-state index contributed by atoms with van der Waals surface area (Å²) in [5.74, 6) is 3.72. The summed E-state index contributed by atoms with van der Waals surface area (Å²) in [4.78, 5) is 0. The molecule has 1 saturated carbocycles. The van der Waals surface area contributed by atoms with Crippen molar-refractivity contribution >= 4 is 0 Å². The van der Waals surface area contributed by atoms with Crippen molar-refractivity contribution in [1.82, 2.24) is 20.1 Å². The molecular formula is C16H30N4. The maximum absolute atomic E-state index is 4.28. The topological polar surface area (TPSA) is 42.7 Å². The van der Waals surface area contributed by atoms with Crippen molar-refractivity contribution in [2.45, 2.75) is 78.9 Å². The monoisotopic (exact) mass is 278 g/mol. The van der Waals surface area contributed by atoms with Gasteiger partial charge in [-0.2, -0.15) is 0 Å². The van der Waals surface area contributed by atoms with Crippen molar-refractivity contribution in [3.63, 3.8) is 0 Å². The van der Waals surface area contributed by atoms with E-state index in [1.54, 1.807) is 0 Å². The SMILES string of the molecule is CCn1c(C)nnc1CN[C@H](C)[C@H](C)C1CCCCC1. The molecule has 4 nitrogen and oxygen atoms in total. The highest BCUT2D eigenvalue weighted by molar-refractivity contribution is 4.94. The molecule has 0 saturated heterocycles. The van der Waals surface area contributed by atoms with Gasteiger partial charge in [-0.1, -0.05) is 39.0 Å². The van der Waals surface area contributed by atoms with Gasteiger partial charge in [0.1, 0.15) is 11.6 Å². The second-order valence-electron chi connectivity index (χ2n) is 6.33. The molecule has 0 bridgehead atoms. The number of hydrogen-bond acceptors (Lipinski definition) is 3. The van der Waals surface area contributed by atoms with Gasteiger partial charge < -0.3 is 9.88 Å². The lowest BCUT2D eigenvalue weighted by atomic mass is 9.78. The van der Waals surface area contributed by atoms with Crippen molar-refractivity contribution in [3.8, 4) is 0 Å². The minimum Gasteiger partial charge on any atom is -0.314 e. The summed E-state index contributed by atoms with van der Waals surface area (Å²) in [5, 5.41) is 12.1. The number of rotatable bonds is 6. The molecule has 1 heterocycles. The van der Waals surface area contributed by atoms with Crippen LogP contribution in [0, 0.1) is 18.8 Å². The molecule has 1 aliphatic rings. The largest absolute Gasteiger partial charge is 0.314 e. The number of nitrogens with zero attached hydrogens (tertiary/aromatic N) is 3. The second kappa shape index (κ2) is 7.21. The Kier molecular flexibility index (Phi) is 5.58. The van der Waals surface area contributed by atoms with Crippen LogP contribution in [-0.2, 0) is 13.1 Å². The van der Waals surface area contributed by atoms with E-state index in [2.05, 4.69) is 40.9 Å². The number of aryl methyl sites for hydroxylation is 1. The van der Waals surface area contributed by atoms with E-state index in [9.17, 15) is 0 Å². The van der Waals surface area contributed by atoms with Gasteiger partial charge in [0.25, 0.3) is 0 Å². The Morgan fingerprint density at radius 1 is 1.20 bits per heavy atom. The van der Waals surface area contributed by atoms with Crippen molar-refractivity contribution in [3.05, 3.63) is 11.6 Å². The third kappa shape index (κ3) is 3.60. The van der Waals surface area contributed by atoms with E-state index < -0.39 is 0 Å². The van der Waals surface area contributed by atoms with Crippen LogP contribution in [0.15, 0.2) is 0 Å². The van der Waals surface area contributed by atoms with E-state index in [0.29, 0.717) is 6.04 Å². The fraction of sp³-hybridized carbons (Fsp3) is 0.875. The lowest BCUT2D eigenvalue weighted by Crippen LogP contribution is -2.36. The fourth-order valence-electron chi connectivity index (χ4n) is 3.47. The number of aromatic nitrogens is 3. The van der Waals surface area contributed by atoms with Gasteiger partial charge in [-0.15, -0.1) is 10.2 Å². The van der Waals surface area contributed by atoms with Gasteiger partial charge in [-0.3, -0.25) is 0 Å². The van der Waals surface area contributed by atoms with E-state index in [4.69, 9.17) is 0 Å². The van der Waals surface area contributed by atoms with Crippen LogP contribution in [0.5, 0.6) is 0 Å². The minimum atomic E-state index is 0.542. The Morgan fingerprint density at radius 3 is 2.55 bits per heavy atom. The molecule has 0 aromatic carbocycles. The Labute approximate surface area is 123 Å². The molecule has 1 aromatic rings. The molecule has 1 fully saturated rings. The van der Waals surface area contributed by atoms with Gasteiger partial charge in [0.15, 0.2) is 0 Å². The molecule has 1 N–H and O–H groups in total. The van der Waals surface area contributed by atoms with Crippen LogP contribution >= 0.6 is 0 Å². The summed E-state index contributed by atoms with van der Waals surface area (Å²) >= 11 is 0. The Morgan fingerprint density at radius 2 is 1.90 bits per heavy atom. The standard InChI is InChI=1S/C16H30N4/c1-5-20-14(4)18-19-16(20)11-17-13(3)12(2)15-9-7-6-8-10-15/h12-13,15,17H,5-11H2,1-4H3/t12-,13+/m0/s1. The fourth-order valence-corrected chi connectivity index (χ4v) is 3.47. The van der Waals surface area contributed by atoms with Crippen molar-refractivity contribution in [2.75, 3.05) is 0 Å². The van der Waals surface area contributed by atoms with Crippen molar-refractivity contribution < 1.29 is 0 Å². The van der Waals surface area contributed by atoms with E-state index in [1.807, 2.05) is 6.92 Å². The molecule has 4 heteroatoms. The molecule has 1 aliphatic carbocycles. The molecule has 2 rings (SSSR count). The van der Waals surface area contributed by atoms with E-state index in [-0.39, 0.29) is 0 Å². The summed E-state index contributed by atoms with van der Waals surface area (Å²) < 4.78 is 2.19. The first-order valence-electron chi connectivity index (χ1n) is 8.25. The van der Waals surface area contributed by atoms with Crippen LogP contribution in [-0.4, -0.2) is 20.8 Å². The molecule has 1 aromatic heterocycles. The second-order valence-corrected chi connectivity index (χ2v) is 6.33. The molecule has 0 aliphatic heterocycles. The molecular weight excluding hydrogens is 248 g/mol. The first-order valence-corrected chi connectivity index (χ1v) is 8.25. The third-order valence-electron chi connectivity index (χ3n) is 5.09. The Balaban J connectivity index is 1.86. The summed E-state index contributed by atoms with van der Waals surface area (Å²) in [5.41, 5.74) is 0. The lowest BCUT2D eigenvalue weighted by Gasteiger charge is -2.32. The average Bonchev–Trinajstić information content (AvgIpc) is 2.85. The van der Waals surface area contributed by atoms with Crippen LogP contribution in [0.2, 0.25) is 0 Å². The quantitative estimate of drug-likeness (QED) is 0.868. The number of nitrogens with one attached hydrogen (secondary N) is 1. The van der Waals surface area contributed by atoms with E-state index in [0.717, 1.165) is 36.6 Å². The van der Waals surface area contributed by atoms with Gasteiger partial charge in [0.05, 0.1) is 6.54 Å². The first-order chi connectivity index (χ1) is 9.63. The molecule has 114 valence electrons. The predicted octanol–water partition coefficient (Wildman–Crippen LogP) is 3.30. The van der Waals surface area contributed by atoms with Gasteiger partial charge in [-0.25, -0.2) is 0 Å². The maximum Gasteiger partial charge on any atom is 0.146 e. The highest BCUT2D eigenvalue weighted by Crippen LogP contribution is 2.31. The maximum atomic E-state index is 4.28. The zero-order chi connectivity index (χ0) is 14.5. The van der Waals surface area contributed by atoms with Crippen molar-refractivity contribution in [1.29, 1.82) is 0 Å². The van der Waals surface area contributed by atoms with Crippen LogP contribution in [0.1, 0.15) is 64.5 Å². The zero-order valence-electron chi connectivity index (χ0n) is 13.5. The average molecular weight is 278 g/mol. The Hall–Kier alpha value is -0.900. The summed E-state index contributed by atoms with van der Waals surface area (Å²) in [6.45, 7) is 10.7. The molecule has 0 radical (unpaired) electrons. The van der Waals surface area contributed by atoms with Crippen molar-refractivity contribution in [2.24, 2.45) is 11.8 Å². The van der Waals surface area contributed by atoms with Crippen LogP contribution < -0.4 is 5.32 Å². The molecule has 2 atom stereocenters. The van der Waals surface area contributed by atoms with Gasteiger partial charge in [0, 0.05) is 12.6 Å². The van der Waals surface area contributed by atoms with Crippen LogP contribution in [0.4, 0.5) is 0 Å². The summed E-state index contributed by atoms with van der Waals surface area (Å²) in [7, 11) is 0. The van der Waals surface area contributed by atoms with Gasteiger partial charge in [-0.05, 0) is 32.6 Å². The summed E-state index contributed by atoms with van der Waals surface area (Å²) in [6, 6.07) is 0.542. The van der Waals surface area contributed by atoms with Gasteiger partial charge in [0.2, 0.25) is 0 Å². The molecule has 20 heavy (non-hydrogen) atoms. The Bertz CT molecular complexity index is 407. The molecule has 0 spiro atoms. The first kappa shape index (κ1) is 15.5. The molecule has 0 amide bonds. The zero-order valence-corrected chi connectivity index (χ0v) is 13.5. The van der Waals surface area contributed by atoms with E-state index >= 15 is 0 Å². The highest BCUT2D eigenvalue weighted by atomic mass is 15.3. The predicted molar refractivity (Wildman–Crippen MR) is 82.5 cm³/mol. The molecule has 0 unspecified atom stereocenters. The summed E-state index contributed by atoms with van der Waals surface area (Å²) in [6.07, 6.45) is 7.11.